The number of amides is 1. The summed E-state index contributed by atoms with van der Waals surface area (Å²) in [6, 6.07) is 9.61. The number of hydrogen-bond donors (Lipinski definition) is 1. The Hall–Kier alpha value is -2.63. The Kier molecular flexibility index (Phi) is 3.91. The molecule has 0 unspecified atom stereocenters. The highest BCUT2D eigenvalue weighted by Crippen LogP contribution is 2.31. The van der Waals surface area contributed by atoms with Crippen LogP contribution in [-0.4, -0.2) is 39.5 Å². The first-order valence-electron chi connectivity index (χ1n) is 7.76. The maximum Gasteiger partial charge on any atom is 0.311 e. The molecular weight excluding hydrogens is 311 g/mol. The van der Waals surface area contributed by atoms with Gasteiger partial charge in [-0.3, -0.25) is 9.59 Å². The van der Waals surface area contributed by atoms with Gasteiger partial charge in [-0.05, 0) is 55.3 Å². The van der Waals surface area contributed by atoms with Gasteiger partial charge in [0.2, 0.25) is 0 Å². The normalized spacial score (nSPS) is 20.4. The third kappa shape index (κ3) is 2.68. The van der Waals surface area contributed by atoms with Gasteiger partial charge in [-0.25, -0.2) is 4.39 Å². The molecule has 0 bridgehead atoms. The molecule has 1 aromatic heterocycles. The minimum Gasteiger partial charge on any atom is -0.481 e. The molecule has 3 rings (SSSR count). The molecule has 1 aromatic carbocycles. The van der Waals surface area contributed by atoms with Crippen LogP contribution in [0.3, 0.4) is 0 Å². The first-order chi connectivity index (χ1) is 11.3. The number of hydrogen-bond acceptors (Lipinski definition) is 2. The van der Waals surface area contributed by atoms with Gasteiger partial charge in [0.25, 0.3) is 5.91 Å². The number of rotatable bonds is 3. The molecule has 1 fully saturated rings. The van der Waals surface area contributed by atoms with Crippen molar-refractivity contribution in [2.75, 3.05) is 13.1 Å². The summed E-state index contributed by atoms with van der Waals surface area (Å²) in [5.74, 6) is -1.37. The lowest BCUT2D eigenvalue weighted by molar-refractivity contribution is -0.147. The fraction of sp³-hybridized carbons (Fsp3) is 0.333. The molecule has 1 atom stereocenters. The van der Waals surface area contributed by atoms with Crippen molar-refractivity contribution in [2.45, 2.75) is 13.3 Å². The lowest BCUT2D eigenvalue weighted by atomic mass is 9.90. The minimum absolute atomic E-state index is 0.184. The van der Waals surface area contributed by atoms with Crippen molar-refractivity contribution in [3.63, 3.8) is 0 Å². The molecule has 2 aromatic rings. The summed E-state index contributed by atoms with van der Waals surface area (Å²) < 4.78 is 14.8. The summed E-state index contributed by atoms with van der Waals surface area (Å²) in [4.78, 5) is 25.6. The van der Waals surface area contributed by atoms with E-state index in [2.05, 4.69) is 0 Å². The Balaban J connectivity index is 1.85. The van der Waals surface area contributed by atoms with E-state index in [1.807, 2.05) is 6.07 Å². The maximum atomic E-state index is 13.1. The molecule has 1 aliphatic rings. The largest absolute Gasteiger partial charge is 0.481 e. The monoisotopic (exact) mass is 330 g/mol. The Morgan fingerprint density at radius 2 is 1.83 bits per heavy atom. The van der Waals surface area contributed by atoms with Crippen LogP contribution in [0.25, 0.3) is 11.3 Å². The molecule has 0 spiro atoms. The average Bonchev–Trinajstić information content (AvgIpc) is 3.12. The molecule has 1 saturated heterocycles. The van der Waals surface area contributed by atoms with Crippen LogP contribution in [0.2, 0.25) is 0 Å². The lowest BCUT2D eigenvalue weighted by Gasteiger charge is -2.20. The second-order valence-electron chi connectivity index (χ2n) is 6.51. The summed E-state index contributed by atoms with van der Waals surface area (Å²) in [6.07, 6.45) is 0.448. The zero-order valence-corrected chi connectivity index (χ0v) is 13.6. The molecule has 1 aliphatic heterocycles. The summed E-state index contributed by atoms with van der Waals surface area (Å²) in [5.41, 5.74) is 1.22. The highest BCUT2D eigenvalue weighted by atomic mass is 19.1. The van der Waals surface area contributed by atoms with Crippen LogP contribution in [0.15, 0.2) is 36.4 Å². The van der Waals surface area contributed by atoms with E-state index >= 15 is 0 Å². The second kappa shape index (κ2) is 5.78. The van der Waals surface area contributed by atoms with E-state index in [1.54, 1.807) is 41.6 Å². The third-order valence-electron chi connectivity index (χ3n) is 4.76. The van der Waals surface area contributed by atoms with Crippen molar-refractivity contribution in [1.82, 2.24) is 9.47 Å². The van der Waals surface area contributed by atoms with Crippen molar-refractivity contribution in [3.05, 3.63) is 47.9 Å². The zero-order valence-electron chi connectivity index (χ0n) is 13.6. The summed E-state index contributed by atoms with van der Waals surface area (Å²) in [5, 5.41) is 9.30. The predicted molar refractivity (Wildman–Crippen MR) is 87.1 cm³/mol. The maximum absolute atomic E-state index is 13.1. The number of likely N-dealkylation sites (tertiary alicyclic amines) is 1. The number of carbonyl (C=O) groups excluding carboxylic acids is 1. The van der Waals surface area contributed by atoms with E-state index < -0.39 is 11.4 Å². The zero-order chi connectivity index (χ0) is 17.5. The number of nitrogens with zero attached hydrogens (tertiary/aromatic N) is 2. The van der Waals surface area contributed by atoms with Gasteiger partial charge in [0.15, 0.2) is 0 Å². The van der Waals surface area contributed by atoms with Crippen LogP contribution in [0, 0.1) is 11.2 Å². The average molecular weight is 330 g/mol. The van der Waals surface area contributed by atoms with Crippen LogP contribution in [0.1, 0.15) is 23.8 Å². The van der Waals surface area contributed by atoms with Crippen molar-refractivity contribution < 1.29 is 19.1 Å². The van der Waals surface area contributed by atoms with E-state index in [1.165, 1.54) is 12.1 Å². The minimum atomic E-state index is -0.888. The molecule has 126 valence electrons. The number of carboxylic acid groups (broad SMARTS) is 1. The van der Waals surface area contributed by atoms with Gasteiger partial charge >= 0.3 is 5.97 Å². The molecule has 6 heteroatoms. The summed E-state index contributed by atoms with van der Waals surface area (Å²) >= 11 is 0. The van der Waals surface area contributed by atoms with E-state index in [0.29, 0.717) is 18.7 Å². The first-order valence-corrected chi connectivity index (χ1v) is 7.76. The topological polar surface area (TPSA) is 62.5 Å². The highest BCUT2D eigenvalue weighted by molar-refractivity contribution is 5.94. The number of halogens is 1. The van der Waals surface area contributed by atoms with E-state index in [0.717, 1.165) is 11.3 Å². The van der Waals surface area contributed by atoms with Crippen molar-refractivity contribution in [3.8, 4) is 11.3 Å². The van der Waals surface area contributed by atoms with Crippen LogP contribution in [-0.2, 0) is 11.8 Å². The van der Waals surface area contributed by atoms with Gasteiger partial charge in [0, 0.05) is 25.8 Å². The Labute approximate surface area is 139 Å². The van der Waals surface area contributed by atoms with Gasteiger partial charge in [-0.15, -0.1) is 0 Å². The number of benzene rings is 1. The number of aliphatic carboxylic acids is 1. The van der Waals surface area contributed by atoms with Gasteiger partial charge in [0.05, 0.1) is 5.41 Å². The standard InChI is InChI=1S/C18H19FN2O3/c1-18(17(23)24)9-10-21(11-18)16(22)15-8-7-14(20(15)2)12-3-5-13(19)6-4-12/h3-8H,9-11H2,1-2H3,(H,23,24)/t18-/m1/s1. The number of carbonyl (C=O) groups is 2. The first kappa shape index (κ1) is 16.2. The molecule has 0 radical (unpaired) electrons. The van der Waals surface area contributed by atoms with Crippen molar-refractivity contribution in [2.24, 2.45) is 12.5 Å². The molecule has 0 aliphatic carbocycles. The van der Waals surface area contributed by atoms with Gasteiger partial charge in [-0.1, -0.05) is 0 Å². The lowest BCUT2D eigenvalue weighted by Crippen LogP contribution is -2.35. The van der Waals surface area contributed by atoms with Crippen LogP contribution >= 0.6 is 0 Å². The predicted octanol–water partition coefficient (Wildman–Crippen LogP) is 2.77. The van der Waals surface area contributed by atoms with Gasteiger partial charge < -0.3 is 14.6 Å². The van der Waals surface area contributed by atoms with Crippen LogP contribution in [0.4, 0.5) is 4.39 Å². The molecule has 1 N–H and O–H groups in total. The Morgan fingerprint density at radius 1 is 1.17 bits per heavy atom. The van der Waals surface area contributed by atoms with E-state index in [9.17, 15) is 19.1 Å². The molecule has 24 heavy (non-hydrogen) atoms. The molecular formula is C18H19FN2O3. The quantitative estimate of drug-likeness (QED) is 0.941. The second-order valence-corrected chi connectivity index (χ2v) is 6.51. The highest BCUT2D eigenvalue weighted by Gasteiger charge is 2.42. The van der Waals surface area contributed by atoms with E-state index in [-0.39, 0.29) is 18.3 Å². The van der Waals surface area contributed by atoms with Crippen LogP contribution in [0.5, 0.6) is 0 Å². The van der Waals surface area contributed by atoms with Crippen molar-refractivity contribution >= 4 is 11.9 Å². The van der Waals surface area contributed by atoms with E-state index in [4.69, 9.17) is 0 Å². The van der Waals surface area contributed by atoms with Gasteiger partial charge in [-0.2, -0.15) is 0 Å². The number of carboxylic acids is 1. The molecule has 2 heterocycles. The van der Waals surface area contributed by atoms with Gasteiger partial charge in [0.1, 0.15) is 11.5 Å². The van der Waals surface area contributed by atoms with Crippen LogP contribution < -0.4 is 0 Å². The molecule has 1 amide bonds. The molecule has 0 saturated carbocycles. The fourth-order valence-corrected chi connectivity index (χ4v) is 3.11. The Bertz CT molecular complexity index is 797. The summed E-state index contributed by atoms with van der Waals surface area (Å²) in [7, 11) is 1.78. The fourth-order valence-electron chi connectivity index (χ4n) is 3.11. The molecule has 5 nitrogen and oxygen atoms in total. The smallest absolute Gasteiger partial charge is 0.311 e. The Morgan fingerprint density at radius 3 is 2.42 bits per heavy atom. The third-order valence-corrected chi connectivity index (χ3v) is 4.76. The summed E-state index contributed by atoms with van der Waals surface area (Å²) in [6.45, 7) is 2.30. The van der Waals surface area contributed by atoms with Crippen molar-refractivity contribution in [1.29, 1.82) is 0 Å². The number of aromatic nitrogens is 1. The SMILES string of the molecule is Cn1c(C(=O)N2CC[C@@](C)(C(=O)O)C2)ccc1-c1ccc(F)cc1.